The zero-order valence-corrected chi connectivity index (χ0v) is 15.3. The Morgan fingerprint density at radius 2 is 1.67 bits per heavy atom. The van der Waals surface area contributed by atoms with Gasteiger partial charge < -0.3 is 15.7 Å². The normalized spacial score (nSPS) is 10.4. The predicted molar refractivity (Wildman–Crippen MR) is 108 cm³/mol. The van der Waals surface area contributed by atoms with E-state index in [9.17, 15) is 4.79 Å². The number of hydrogen-bond donors (Lipinski definition) is 3. The molecule has 3 aromatic rings. The van der Waals surface area contributed by atoms with Gasteiger partial charge >= 0.3 is 0 Å². The number of nitrogens with zero attached hydrogens (tertiary/aromatic N) is 1. The molecule has 0 unspecified atom stereocenters. The number of nitrogens with one attached hydrogen (secondary N) is 2. The third-order valence-electron chi connectivity index (χ3n) is 4.26. The lowest BCUT2D eigenvalue weighted by Crippen LogP contribution is -2.13. The zero-order chi connectivity index (χ0) is 19.1. The van der Waals surface area contributed by atoms with E-state index in [1.165, 1.54) is 5.56 Å². The molecule has 0 aliphatic heterocycles. The third-order valence-corrected chi connectivity index (χ3v) is 4.26. The zero-order valence-electron chi connectivity index (χ0n) is 15.3. The molecule has 0 saturated heterocycles. The first kappa shape index (κ1) is 18.6. The van der Waals surface area contributed by atoms with Crippen molar-refractivity contribution in [3.8, 4) is 0 Å². The van der Waals surface area contributed by atoms with Crippen molar-refractivity contribution in [2.75, 3.05) is 17.2 Å². The number of aliphatic hydroxyl groups is 1. The van der Waals surface area contributed by atoms with Gasteiger partial charge in [0.15, 0.2) is 0 Å². The van der Waals surface area contributed by atoms with E-state index in [4.69, 9.17) is 5.11 Å². The van der Waals surface area contributed by atoms with Crippen molar-refractivity contribution < 1.29 is 9.90 Å². The molecule has 1 aromatic heterocycles. The lowest BCUT2D eigenvalue weighted by molar-refractivity contribution is 0.102. The van der Waals surface area contributed by atoms with E-state index in [2.05, 4.69) is 15.6 Å². The van der Waals surface area contributed by atoms with Crippen LogP contribution in [0.1, 0.15) is 27.0 Å². The van der Waals surface area contributed by atoms with Gasteiger partial charge in [0.2, 0.25) is 0 Å². The molecule has 3 rings (SSSR count). The molecule has 0 spiro atoms. The second-order valence-corrected chi connectivity index (χ2v) is 6.40. The Labute approximate surface area is 159 Å². The van der Waals surface area contributed by atoms with Gasteiger partial charge in [-0.15, -0.1) is 0 Å². The molecule has 0 aliphatic carbocycles. The second kappa shape index (κ2) is 8.96. The van der Waals surface area contributed by atoms with Crippen LogP contribution in [0.2, 0.25) is 0 Å². The average molecular weight is 361 g/mol. The van der Waals surface area contributed by atoms with Crippen molar-refractivity contribution in [3.05, 3.63) is 89.1 Å². The van der Waals surface area contributed by atoms with Crippen molar-refractivity contribution in [1.82, 2.24) is 4.98 Å². The highest BCUT2D eigenvalue weighted by atomic mass is 16.3. The van der Waals surface area contributed by atoms with Crippen molar-refractivity contribution in [2.45, 2.75) is 20.0 Å². The summed E-state index contributed by atoms with van der Waals surface area (Å²) in [5.74, 6) is 0.552. The molecule has 0 bridgehead atoms. The second-order valence-electron chi connectivity index (χ2n) is 6.40. The Kier molecular flexibility index (Phi) is 6.18. The maximum atomic E-state index is 12.3. The van der Waals surface area contributed by atoms with Gasteiger partial charge in [0.05, 0.1) is 12.2 Å². The van der Waals surface area contributed by atoms with Crippen LogP contribution in [0.5, 0.6) is 0 Å². The molecule has 0 fully saturated rings. The number of carbonyl (C=O) groups is 1. The van der Waals surface area contributed by atoms with Gasteiger partial charge in [0.1, 0.15) is 5.82 Å². The highest BCUT2D eigenvalue weighted by Gasteiger charge is 2.06. The summed E-state index contributed by atoms with van der Waals surface area (Å²) in [7, 11) is 0. The molecule has 2 aromatic carbocycles. The highest BCUT2D eigenvalue weighted by molar-refractivity contribution is 6.04. The summed E-state index contributed by atoms with van der Waals surface area (Å²) in [6, 6.07) is 19.1. The van der Waals surface area contributed by atoms with Crippen LogP contribution in [-0.4, -0.2) is 22.5 Å². The van der Waals surface area contributed by atoms with Gasteiger partial charge in [-0.05, 0) is 48.7 Å². The Morgan fingerprint density at radius 1 is 0.963 bits per heavy atom. The Balaban J connectivity index is 1.50. The third kappa shape index (κ3) is 5.39. The Hall–Kier alpha value is -3.18. The Bertz CT molecular complexity index is 873. The first-order chi connectivity index (χ1) is 13.1. The molecular formula is C22H23N3O2. The van der Waals surface area contributed by atoms with Crippen molar-refractivity contribution >= 4 is 17.4 Å². The summed E-state index contributed by atoms with van der Waals surface area (Å²) in [4.78, 5) is 16.6. The summed E-state index contributed by atoms with van der Waals surface area (Å²) in [6.07, 6.45) is 2.42. The van der Waals surface area contributed by atoms with Crippen molar-refractivity contribution in [2.24, 2.45) is 0 Å². The minimum Gasteiger partial charge on any atom is -0.392 e. The SMILES string of the molecule is Cc1ccc(NC(=O)c2ccc(NCCc3ccc(CO)cc3)nc2)cc1. The fourth-order valence-corrected chi connectivity index (χ4v) is 2.62. The summed E-state index contributed by atoms with van der Waals surface area (Å²) in [5, 5.41) is 15.2. The standard InChI is InChI=1S/C22H23N3O2/c1-16-2-9-20(10-3-16)25-22(27)19-8-11-21(24-14-19)23-13-12-17-4-6-18(15-26)7-5-17/h2-11,14,26H,12-13,15H2,1H3,(H,23,24)(H,25,27). The first-order valence-corrected chi connectivity index (χ1v) is 8.90. The number of rotatable bonds is 7. The highest BCUT2D eigenvalue weighted by Crippen LogP contribution is 2.12. The number of amides is 1. The fourth-order valence-electron chi connectivity index (χ4n) is 2.62. The first-order valence-electron chi connectivity index (χ1n) is 8.90. The number of aromatic nitrogens is 1. The molecule has 27 heavy (non-hydrogen) atoms. The van der Waals surface area contributed by atoms with E-state index >= 15 is 0 Å². The number of aliphatic hydroxyl groups excluding tert-OH is 1. The van der Waals surface area contributed by atoms with E-state index in [1.54, 1.807) is 18.3 Å². The van der Waals surface area contributed by atoms with Crippen LogP contribution in [0.25, 0.3) is 0 Å². The predicted octanol–water partition coefficient (Wildman–Crippen LogP) is 3.79. The maximum absolute atomic E-state index is 12.3. The van der Waals surface area contributed by atoms with Crippen LogP contribution in [0.4, 0.5) is 11.5 Å². The van der Waals surface area contributed by atoms with Crippen molar-refractivity contribution in [3.63, 3.8) is 0 Å². The van der Waals surface area contributed by atoms with Crippen LogP contribution in [-0.2, 0) is 13.0 Å². The lowest BCUT2D eigenvalue weighted by Gasteiger charge is -2.08. The van der Waals surface area contributed by atoms with E-state index in [0.29, 0.717) is 5.56 Å². The quantitative estimate of drug-likeness (QED) is 0.599. The van der Waals surface area contributed by atoms with Gasteiger partial charge in [0, 0.05) is 18.4 Å². The fraction of sp³-hybridized carbons (Fsp3) is 0.182. The van der Waals surface area contributed by atoms with Gasteiger partial charge in [-0.1, -0.05) is 42.0 Å². The number of anilines is 2. The molecule has 5 nitrogen and oxygen atoms in total. The lowest BCUT2D eigenvalue weighted by atomic mass is 10.1. The van der Waals surface area contributed by atoms with Crippen LogP contribution in [0.15, 0.2) is 66.9 Å². The molecule has 5 heteroatoms. The molecule has 0 atom stereocenters. The maximum Gasteiger partial charge on any atom is 0.257 e. The molecule has 1 amide bonds. The van der Waals surface area contributed by atoms with E-state index in [-0.39, 0.29) is 12.5 Å². The largest absolute Gasteiger partial charge is 0.392 e. The minimum atomic E-state index is -0.179. The van der Waals surface area contributed by atoms with Crippen molar-refractivity contribution in [1.29, 1.82) is 0 Å². The molecule has 0 aliphatic rings. The van der Waals surface area contributed by atoms with Gasteiger partial charge in [-0.25, -0.2) is 4.98 Å². The van der Waals surface area contributed by atoms with E-state index in [0.717, 1.165) is 35.6 Å². The number of benzene rings is 2. The van der Waals surface area contributed by atoms with E-state index in [1.807, 2.05) is 55.5 Å². The van der Waals surface area contributed by atoms with Gasteiger partial charge in [0.25, 0.3) is 5.91 Å². The Morgan fingerprint density at radius 3 is 2.30 bits per heavy atom. The van der Waals surface area contributed by atoms with Crippen LogP contribution in [0, 0.1) is 6.92 Å². The summed E-state index contributed by atoms with van der Waals surface area (Å²) >= 11 is 0. The minimum absolute atomic E-state index is 0.0618. The molecular weight excluding hydrogens is 338 g/mol. The number of aryl methyl sites for hydroxylation is 1. The smallest absolute Gasteiger partial charge is 0.257 e. The summed E-state index contributed by atoms with van der Waals surface area (Å²) < 4.78 is 0. The molecule has 3 N–H and O–H groups in total. The topological polar surface area (TPSA) is 74.2 Å². The number of carbonyl (C=O) groups excluding carboxylic acids is 1. The monoisotopic (exact) mass is 361 g/mol. The number of hydrogen-bond acceptors (Lipinski definition) is 4. The summed E-state index contributed by atoms with van der Waals surface area (Å²) in [6.45, 7) is 2.80. The number of pyridine rings is 1. The van der Waals surface area contributed by atoms with Crippen LogP contribution in [0.3, 0.4) is 0 Å². The van der Waals surface area contributed by atoms with Crippen LogP contribution >= 0.6 is 0 Å². The van der Waals surface area contributed by atoms with E-state index < -0.39 is 0 Å². The summed E-state index contributed by atoms with van der Waals surface area (Å²) in [5.41, 5.74) is 4.52. The van der Waals surface area contributed by atoms with Gasteiger partial charge in [-0.3, -0.25) is 4.79 Å². The average Bonchev–Trinajstić information content (AvgIpc) is 2.71. The van der Waals surface area contributed by atoms with Gasteiger partial charge in [-0.2, -0.15) is 0 Å². The van der Waals surface area contributed by atoms with Crippen LogP contribution < -0.4 is 10.6 Å². The molecule has 0 saturated carbocycles. The molecule has 1 heterocycles. The molecule has 0 radical (unpaired) electrons. The molecule has 138 valence electrons.